The van der Waals surface area contributed by atoms with Gasteiger partial charge in [0.05, 0.1) is 11.8 Å². The molecule has 0 spiro atoms. The molecule has 1 heterocycles. The van der Waals surface area contributed by atoms with Crippen molar-refractivity contribution in [2.24, 2.45) is 5.92 Å². The number of amides is 1. The van der Waals surface area contributed by atoms with Crippen LogP contribution in [0.5, 0.6) is 0 Å². The number of hydrogen-bond donors (Lipinski definition) is 1. The lowest BCUT2D eigenvalue weighted by Crippen LogP contribution is -2.43. The zero-order valence-electron chi connectivity index (χ0n) is 11.0. The fourth-order valence-electron chi connectivity index (χ4n) is 2.81. The number of halogens is 1. The molecule has 1 unspecified atom stereocenters. The summed E-state index contributed by atoms with van der Waals surface area (Å²) in [6.07, 6.45) is 1.94. The van der Waals surface area contributed by atoms with Gasteiger partial charge in [0.2, 0.25) is 10.0 Å². The van der Waals surface area contributed by atoms with Crippen molar-refractivity contribution in [2.45, 2.75) is 12.0 Å². The maximum absolute atomic E-state index is 13.1. The van der Waals surface area contributed by atoms with Crippen LogP contribution in [0.2, 0.25) is 0 Å². The average molecular weight is 298 g/mol. The summed E-state index contributed by atoms with van der Waals surface area (Å²) in [5.41, 5.74) is -0.213. The van der Waals surface area contributed by atoms with E-state index in [1.165, 1.54) is 34.8 Å². The van der Waals surface area contributed by atoms with Crippen LogP contribution in [0.25, 0.3) is 0 Å². The molecule has 0 radical (unpaired) electrons. The molecule has 1 saturated heterocycles. The lowest BCUT2D eigenvalue weighted by Gasteiger charge is -2.19. The summed E-state index contributed by atoms with van der Waals surface area (Å²) in [6.45, 7) is 0.750. The van der Waals surface area contributed by atoms with Gasteiger partial charge < -0.3 is 5.32 Å². The van der Waals surface area contributed by atoms with Gasteiger partial charge in [0, 0.05) is 18.7 Å². The molecule has 3 rings (SSSR count). The number of carbonyl (C=O) groups is 1. The van der Waals surface area contributed by atoms with E-state index in [9.17, 15) is 17.6 Å². The lowest BCUT2D eigenvalue weighted by atomic mass is 10.1. The molecular weight excluding hydrogens is 283 g/mol. The Labute approximate surface area is 116 Å². The predicted octanol–water partition coefficient (Wildman–Crippen LogP) is 0.589. The highest BCUT2D eigenvalue weighted by Crippen LogP contribution is 2.50. The van der Waals surface area contributed by atoms with Crippen molar-refractivity contribution in [1.29, 1.82) is 0 Å². The van der Waals surface area contributed by atoms with Crippen LogP contribution in [-0.4, -0.2) is 43.5 Å². The van der Waals surface area contributed by atoms with Crippen LogP contribution in [0.4, 0.5) is 4.39 Å². The average Bonchev–Trinajstić information content (AvgIpc) is 2.88. The molecule has 2 fully saturated rings. The molecule has 1 amide bonds. The van der Waals surface area contributed by atoms with Crippen LogP contribution in [0, 0.1) is 11.7 Å². The van der Waals surface area contributed by atoms with E-state index in [1.54, 1.807) is 0 Å². The number of piperidine rings is 1. The summed E-state index contributed by atoms with van der Waals surface area (Å²) in [5, 5.41) is 2.86. The Morgan fingerprint density at radius 2 is 2.25 bits per heavy atom. The highest BCUT2D eigenvalue weighted by atomic mass is 32.2. The number of benzene rings is 1. The van der Waals surface area contributed by atoms with Gasteiger partial charge in [0.15, 0.2) is 0 Å². The van der Waals surface area contributed by atoms with Crippen molar-refractivity contribution in [2.75, 3.05) is 19.3 Å². The van der Waals surface area contributed by atoms with E-state index in [1.807, 2.05) is 0 Å². The molecule has 20 heavy (non-hydrogen) atoms. The summed E-state index contributed by atoms with van der Waals surface area (Å²) in [6, 6.07) is 5.46. The van der Waals surface area contributed by atoms with E-state index < -0.39 is 21.4 Å². The standard InChI is InChI=1S/C13H15FN2O3S/c1-20(18,19)16-7-10-6-13(10,8-16)15-12(17)9-3-2-4-11(14)5-9/h2-5,10H,6-8H2,1H3,(H,15,17)/t10?,13-/m0/s1. The van der Waals surface area contributed by atoms with Gasteiger partial charge in [-0.05, 0) is 30.5 Å². The number of rotatable bonds is 3. The molecule has 1 aliphatic carbocycles. The minimum Gasteiger partial charge on any atom is -0.345 e. The first kappa shape index (κ1) is 13.5. The van der Waals surface area contributed by atoms with Gasteiger partial charge in [-0.25, -0.2) is 12.8 Å². The summed E-state index contributed by atoms with van der Waals surface area (Å²) in [4.78, 5) is 12.1. The Morgan fingerprint density at radius 3 is 2.85 bits per heavy atom. The zero-order valence-corrected chi connectivity index (χ0v) is 11.8. The second-order valence-corrected chi connectivity index (χ2v) is 7.56. The summed E-state index contributed by atoms with van der Waals surface area (Å²) < 4.78 is 37.5. The van der Waals surface area contributed by atoms with E-state index >= 15 is 0 Å². The van der Waals surface area contributed by atoms with Crippen LogP contribution < -0.4 is 5.32 Å². The normalized spacial score (nSPS) is 29.0. The third kappa shape index (κ3) is 2.31. The van der Waals surface area contributed by atoms with Crippen molar-refractivity contribution >= 4 is 15.9 Å². The molecule has 2 aliphatic rings. The molecule has 108 valence electrons. The van der Waals surface area contributed by atoms with Gasteiger partial charge in [0.1, 0.15) is 5.82 Å². The topological polar surface area (TPSA) is 66.5 Å². The van der Waals surface area contributed by atoms with Gasteiger partial charge in [-0.15, -0.1) is 0 Å². The third-order valence-electron chi connectivity index (χ3n) is 4.03. The van der Waals surface area contributed by atoms with Gasteiger partial charge in [-0.2, -0.15) is 4.31 Å². The fraction of sp³-hybridized carbons (Fsp3) is 0.462. The van der Waals surface area contributed by atoms with E-state index in [0.29, 0.717) is 13.1 Å². The van der Waals surface area contributed by atoms with Crippen molar-refractivity contribution in [1.82, 2.24) is 9.62 Å². The smallest absolute Gasteiger partial charge is 0.251 e. The molecule has 1 saturated carbocycles. The minimum absolute atomic E-state index is 0.162. The van der Waals surface area contributed by atoms with E-state index in [0.717, 1.165) is 6.42 Å². The molecule has 1 aromatic carbocycles. The molecule has 1 aliphatic heterocycles. The van der Waals surface area contributed by atoms with Crippen LogP contribution in [0.3, 0.4) is 0 Å². The quantitative estimate of drug-likeness (QED) is 0.888. The van der Waals surface area contributed by atoms with Gasteiger partial charge in [0.25, 0.3) is 5.91 Å². The van der Waals surface area contributed by atoms with Gasteiger partial charge >= 0.3 is 0 Å². The molecule has 0 bridgehead atoms. The SMILES string of the molecule is CS(=O)(=O)N1CC2C[C@]2(NC(=O)c2cccc(F)c2)C1. The fourth-order valence-corrected chi connectivity index (χ4v) is 3.73. The Bertz CT molecular complexity index is 676. The van der Waals surface area contributed by atoms with Crippen molar-refractivity contribution in [3.05, 3.63) is 35.6 Å². The minimum atomic E-state index is -3.23. The van der Waals surface area contributed by atoms with Crippen LogP contribution in [-0.2, 0) is 10.0 Å². The van der Waals surface area contributed by atoms with Crippen LogP contribution in [0.1, 0.15) is 16.8 Å². The summed E-state index contributed by atoms with van der Waals surface area (Å²) >= 11 is 0. The summed E-state index contributed by atoms with van der Waals surface area (Å²) in [7, 11) is -3.23. The Balaban J connectivity index is 1.72. The van der Waals surface area contributed by atoms with Gasteiger partial charge in [-0.1, -0.05) is 6.07 Å². The molecule has 2 atom stereocenters. The lowest BCUT2D eigenvalue weighted by molar-refractivity contribution is 0.0929. The van der Waals surface area contributed by atoms with Crippen molar-refractivity contribution in [3.8, 4) is 0 Å². The van der Waals surface area contributed by atoms with E-state index in [-0.39, 0.29) is 17.4 Å². The Hall–Kier alpha value is -1.47. The highest BCUT2D eigenvalue weighted by molar-refractivity contribution is 7.88. The molecular formula is C13H15FN2O3S. The largest absolute Gasteiger partial charge is 0.345 e. The highest BCUT2D eigenvalue weighted by Gasteiger charge is 2.62. The van der Waals surface area contributed by atoms with Crippen LogP contribution >= 0.6 is 0 Å². The molecule has 7 heteroatoms. The number of hydrogen-bond acceptors (Lipinski definition) is 3. The molecule has 5 nitrogen and oxygen atoms in total. The first-order valence-electron chi connectivity index (χ1n) is 6.33. The number of sulfonamides is 1. The Kier molecular flexibility index (Phi) is 2.88. The van der Waals surface area contributed by atoms with Crippen molar-refractivity contribution in [3.63, 3.8) is 0 Å². The third-order valence-corrected chi connectivity index (χ3v) is 5.25. The zero-order chi connectivity index (χ0) is 14.5. The van der Waals surface area contributed by atoms with Crippen molar-refractivity contribution < 1.29 is 17.6 Å². The van der Waals surface area contributed by atoms with Crippen LogP contribution in [0.15, 0.2) is 24.3 Å². The maximum Gasteiger partial charge on any atom is 0.251 e. The number of fused-ring (bicyclic) bond motifs is 1. The summed E-state index contributed by atoms with van der Waals surface area (Å²) in [5.74, 6) is -0.663. The first-order chi connectivity index (χ1) is 9.30. The second-order valence-electron chi connectivity index (χ2n) is 5.58. The van der Waals surface area contributed by atoms with Gasteiger partial charge in [-0.3, -0.25) is 4.79 Å². The first-order valence-corrected chi connectivity index (χ1v) is 8.18. The number of nitrogens with one attached hydrogen (secondary N) is 1. The maximum atomic E-state index is 13.1. The molecule has 0 aromatic heterocycles. The number of nitrogens with zero attached hydrogens (tertiary/aromatic N) is 1. The molecule has 1 N–H and O–H groups in total. The predicted molar refractivity (Wildman–Crippen MR) is 71.1 cm³/mol. The van der Waals surface area contributed by atoms with E-state index in [2.05, 4.69) is 5.32 Å². The monoisotopic (exact) mass is 298 g/mol. The second kappa shape index (κ2) is 4.26. The van der Waals surface area contributed by atoms with E-state index in [4.69, 9.17) is 0 Å². The Morgan fingerprint density at radius 1 is 1.50 bits per heavy atom. The number of carbonyl (C=O) groups excluding carboxylic acids is 1. The molecule has 1 aromatic rings.